The van der Waals surface area contributed by atoms with Crippen molar-refractivity contribution in [2.24, 2.45) is 5.92 Å². The minimum atomic E-state index is -0.497. The molecule has 0 bridgehead atoms. The number of alkyl carbamates (subject to hydrolysis) is 1. The van der Waals surface area contributed by atoms with Crippen LogP contribution in [0.3, 0.4) is 0 Å². The highest BCUT2D eigenvalue weighted by Gasteiger charge is 2.30. The quantitative estimate of drug-likeness (QED) is 0.721. The van der Waals surface area contributed by atoms with Crippen LogP contribution >= 0.6 is 0 Å². The van der Waals surface area contributed by atoms with E-state index in [0.717, 1.165) is 31.2 Å². The third-order valence-corrected chi connectivity index (χ3v) is 6.11. The zero-order valence-electron chi connectivity index (χ0n) is 20.0. The number of benzene rings is 1. The predicted octanol–water partition coefficient (Wildman–Crippen LogP) is 3.94. The number of rotatable bonds is 5. The molecule has 1 aromatic carbocycles. The largest absolute Gasteiger partial charge is 0.445 e. The average molecular weight is 460 g/mol. The van der Waals surface area contributed by atoms with Crippen LogP contribution in [-0.2, 0) is 20.9 Å². The fraction of sp³-hybridized carbons (Fsp3) is 0.640. The van der Waals surface area contributed by atoms with Crippen LogP contribution in [0.1, 0.15) is 58.4 Å². The number of likely N-dealkylation sites (tertiary alicyclic amines) is 2. The zero-order valence-corrected chi connectivity index (χ0v) is 20.0. The second kappa shape index (κ2) is 11.4. The van der Waals surface area contributed by atoms with Crippen molar-refractivity contribution in [3.63, 3.8) is 0 Å². The first-order valence-corrected chi connectivity index (χ1v) is 11.9. The van der Waals surface area contributed by atoms with Gasteiger partial charge in [0, 0.05) is 38.6 Å². The van der Waals surface area contributed by atoms with Crippen molar-refractivity contribution in [1.82, 2.24) is 15.1 Å². The Balaban J connectivity index is 1.32. The highest BCUT2D eigenvalue weighted by molar-refractivity contribution is 5.76. The molecule has 0 spiro atoms. The molecule has 2 aliphatic rings. The van der Waals surface area contributed by atoms with Crippen LogP contribution in [0.4, 0.5) is 9.59 Å². The highest BCUT2D eigenvalue weighted by Crippen LogP contribution is 2.24. The maximum atomic E-state index is 12.8. The van der Waals surface area contributed by atoms with Gasteiger partial charge in [0.15, 0.2) is 0 Å². The van der Waals surface area contributed by atoms with Crippen molar-refractivity contribution >= 4 is 18.1 Å². The van der Waals surface area contributed by atoms with Gasteiger partial charge in [-0.05, 0) is 57.9 Å². The number of hydrogen-bond donors (Lipinski definition) is 1. The van der Waals surface area contributed by atoms with E-state index in [1.165, 1.54) is 0 Å². The Morgan fingerprint density at radius 1 is 0.939 bits per heavy atom. The molecule has 1 N–H and O–H groups in total. The molecule has 0 unspecified atom stereocenters. The van der Waals surface area contributed by atoms with Gasteiger partial charge in [-0.2, -0.15) is 0 Å². The number of ether oxygens (including phenoxy) is 2. The Morgan fingerprint density at radius 2 is 1.55 bits per heavy atom. The maximum absolute atomic E-state index is 12.8. The summed E-state index contributed by atoms with van der Waals surface area (Å²) in [5, 5.41) is 2.91. The molecule has 2 fully saturated rings. The van der Waals surface area contributed by atoms with E-state index in [0.29, 0.717) is 38.5 Å². The van der Waals surface area contributed by atoms with E-state index in [1.807, 2.05) is 56.0 Å². The van der Waals surface area contributed by atoms with Crippen molar-refractivity contribution in [2.45, 2.75) is 71.1 Å². The molecule has 0 atom stereocenters. The molecule has 0 saturated carbocycles. The number of piperidine rings is 2. The van der Waals surface area contributed by atoms with Gasteiger partial charge in [-0.15, -0.1) is 0 Å². The fourth-order valence-electron chi connectivity index (χ4n) is 4.23. The monoisotopic (exact) mass is 459 g/mol. The van der Waals surface area contributed by atoms with Gasteiger partial charge in [-0.1, -0.05) is 30.3 Å². The smallest absolute Gasteiger partial charge is 0.410 e. The first kappa shape index (κ1) is 24.9. The Kier molecular flexibility index (Phi) is 8.58. The van der Waals surface area contributed by atoms with Crippen molar-refractivity contribution in [1.29, 1.82) is 0 Å². The van der Waals surface area contributed by atoms with Crippen LogP contribution in [0.5, 0.6) is 0 Å². The summed E-state index contributed by atoms with van der Waals surface area (Å²) < 4.78 is 10.7. The Hall–Kier alpha value is -2.77. The van der Waals surface area contributed by atoms with Gasteiger partial charge in [0.1, 0.15) is 12.2 Å². The lowest BCUT2D eigenvalue weighted by Gasteiger charge is -2.35. The lowest BCUT2D eigenvalue weighted by molar-refractivity contribution is -0.133. The first-order chi connectivity index (χ1) is 15.7. The van der Waals surface area contributed by atoms with E-state index >= 15 is 0 Å². The lowest BCUT2D eigenvalue weighted by Crippen LogP contribution is -2.47. The summed E-state index contributed by atoms with van der Waals surface area (Å²) in [4.78, 5) is 40.7. The number of amides is 3. The minimum Gasteiger partial charge on any atom is -0.445 e. The van der Waals surface area contributed by atoms with Crippen molar-refractivity contribution < 1.29 is 23.9 Å². The molecule has 2 heterocycles. The predicted molar refractivity (Wildman–Crippen MR) is 125 cm³/mol. The van der Waals surface area contributed by atoms with Gasteiger partial charge in [-0.3, -0.25) is 4.79 Å². The van der Waals surface area contributed by atoms with Crippen molar-refractivity contribution in [3.05, 3.63) is 35.9 Å². The lowest BCUT2D eigenvalue weighted by atomic mass is 9.92. The van der Waals surface area contributed by atoms with Crippen LogP contribution in [0.2, 0.25) is 0 Å². The van der Waals surface area contributed by atoms with Crippen LogP contribution in [0.15, 0.2) is 30.3 Å². The fourth-order valence-corrected chi connectivity index (χ4v) is 4.23. The number of carbonyl (C=O) groups is 3. The van der Waals surface area contributed by atoms with Crippen molar-refractivity contribution in [2.75, 3.05) is 26.2 Å². The summed E-state index contributed by atoms with van der Waals surface area (Å²) in [5.74, 6) is 0.454. The molecule has 0 aliphatic carbocycles. The Morgan fingerprint density at radius 3 is 2.15 bits per heavy atom. The Labute approximate surface area is 196 Å². The highest BCUT2D eigenvalue weighted by atomic mass is 16.6. The summed E-state index contributed by atoms with van der Waals surface area (Å²) in [7, 11) is 0. The third kappa shape index (κ3) is 8.26. The summed E-state index contributed by atoms with van der Waals surface area (Å²) in [5.41, 5.74) is 0.453. The molecule has 0 radical (unpaired) electrons. The van der Waals surface area contributed by atoms with Gasteiger partial charge in [0.25, 0.3) is 0 Å². The molecule has 2 aliphatic heterocycles. The number of carbonyl (C=O) groups excluding carboxylic acids is 3. The van der Waals surface area contributed by atoms with E-state index in [1.54, 1.807) is 4.90 Å². The SMILES string of the molecule is CC(C)(C)OC(=O)N1CCC(CC(=O)N2CCC(NC(=O)OCc3ccccc3)CC2)CC1. The molecular formula is C25H37N3O5. The molecule has 1 aromatic rings. The molecule has 182 valence electrons. The molecular weight excluding hydrogens is 422 g/mol. The normalized spacial score (nSPS) is 18.0. The topological polar surface area (TPSA) is 88.2 Å². The molecule has 3 amide bonds. The number of hydrogen-bond acceptors (Lipinski definition) is 5. The summed E-state index contributed by atoms with van der Waals surface area (Å²) in [6.45, 7) is 8.37. The molecule has 8 heteroatoms. The molecule has 8 nitrogen and oxygen atoms in total. The molecule has 3 rings (SSSR count). The minimum absolute atomic E-state index is 0.0226. The average Bonchev–Trinajstić information content (AvgIpc) is 2.78. The van der Waals surface area contributed by atoms with E-state index in [9.17, 15) is 14.4 Å². The summed E-state index contributed by atoms with van der Waals surface area (Å²) >= 11 is 0. The van der Waals surface area contributed by atoms with E-state index in [-0.39, 0.29) is 24.6 Å². The van der Waals surface area contributed by atoms with Gasteiger partial charge in [0.2, 0.25) is 5.91 Å². The first-order valence-electron chi connectivity index (χ1n) is 11.9. The maximum Gasteiger partial charge on any atom is 0.410 e. The van der Waals surface area contributed by atoms with Gasteiger partial charge >= 0.3 is 12.2 Å². The second-order valence-corrected chi connectivity index (χ2v) is 9.98. The zero-order chi connectivity index (χ0) is 23.8. The molecule has 2 saturated heterocycles. The third-order valence-electron chi connectivity index (χ3n) is 6.11. The number of nitrogens with zero attached hydrogens (tertiary/aromatic N) is 2. The Bertz CT molecular complexity index is 792. The molecule has 33 heavy (non-hydrogen) atoms. The van der Waals surface area contributed by atoms with Crippen molar-refractivity contribution in [3.8, 4) is 0 Å². The van der Waals surface area contributed by atoms with Gasteiger partial charge in [-0.25, -0.2) is 9.59 Å². The van der Waals surface area contributed by atoms with E-state index < -0.39 is 11.7 Å². The van der Waals surface area contributed by atoms with Crippen LogP contribution in [-0.4, -0.2) is 65.7 Å². The van der Waals surface area contributed by atoms with E-state index in [2.05, 4.69) is 5.32 Å². The molecule has 0 aromatic heterocycles. The summed E-state index contributed by atoms with van der Waals surface area (Å²) in [6.07, 6.45) is 2.91. The standard InChI is InChI=1S/C25H37N3O5/c1-25(2,3)33-24(31)28-13-9-19(10-14-28)17-22(29)27-15-11-21(12-16-27)26-23(30)32-18-20-7-5-4-6-8-20/h4-8,19,21H,9-18H2,1-3H3,(H,26,30). The van der Waals surface area contributed by atoms with Gasteiger partial charge < -0.3 is 24.6 Å². The van der Waals surface area contributed by atoms with Crippen LogP contribution < -0.4 is 5.32 Å². The number of nitrogens with one attached hydrogen (secondary N) is 1. The second-order valence-electron chi connectivity index (χ2n) is 9.98. The van der Waals surface area contributed by atoms with Gasteiger partial charge in [0.05, 0.1) is 0 Å². The van der Waals surface area contributed by atoms with Crippen LogP contribution in [0.25, 0.3) is 0 Å². The van der Waals surface area contributed by atoms with E-state index in [4.69, 9.17) is 9.47 Å². The summed E-state index contributed by atoms with van der Waals surface area (Å²) in [6, 6.07) is 9.60. The van der Waals surface area contributed by atoms with Crippen LogP contribution in [0, 0.1) is 5.92 Å².